The minimum Gasteiger partial charge on any atom is -0.462 e. The van der Waals surface area contributed by atoms with Crippen LogP contribution in [0.2, 0.25) is 0 Å². The van der Waals surface area contributed by atoms with Crippen molar-refractivity contribution in [2.75, 3.05) is 13.2 Å². The Morgan fingerprint density at radius 1 is 0.304 bits per heavy atom. The van der Waals surface area contributed by atoms with Crippen molar-refractivity contribution in [1.82, 2.24) is 0 Å². The van der Waals surface area contributed by atoms with Crippen LogP contribution in [0.15, 0.2) is 72.9 Å². The van der Waals surface area contributed by atoms with Gasteiger partial charge in [-0.25, -0.2) is 0 Å². The molecule has 1 atom stereocenters. The lowest BCUT2D eigenvalue weighted by molar-refractivity contribution is -0.167. The summed E-state index contributed by atoms with van der Waals surface area (Å²) in [6.45, 7) is 6.49. The normalized spacial score (nSPS) is 12.6. The fourth-order valence-corrected chi connectivity index (χ4v) is 8.27. The molecule has 0 aliphatic carbocycles. The summed E-state index contributed by atoms with van der Waals surface area (Å²) in [5.41, 5.74) is 0. The number of unbranched alkanes of at least 4 members (excludes halogenated alkanes) is 30. The van der Waals surface area contributed by atoms with Gasteiger partial charge in [0.05, 0.1) is 0 Å². The molecule has 0 N–H and O–H groups in total. The van der Waals surface area contributed by atoms with E-state index in [4.69, 9.17) is 14.2 Å². The summed E-state index contributed by atoms with van der Waals surface area (Å²) in [5, 5.41) is 0. The van der Waals surface area contributed by atoms with E-state index in [0.717, 1.165) is 109 Å². The van der Waals surface area contributed by atoms with Crippen molar-refractivity contribution in [2.24, 2.45) is 0 Å². The Labute approximate surface area is 427 Å². The molecule has 0 spiro atoms. The van der Waals surface area contributed by atoms with Crippen LogP contribution in [0, 0.1) is 0 Å². The molecule has 0 amide bonds. The first-order chi connectivity index (χ1) is 34.0. The van der Waals surface area contributed by atoms with E-state index in [1.165, 1.54) is 141 Å². The highest BCUT2D eigenvalue weighted by molar-refractivity contribution is 5.71. The van der Waals surface area contributed by atoms with Crippen molar-refractivity contribution in [1.29, 1.82) is 0 Å². The number of ether oxygens (including phenoxy) is 3. The molecule has 0 saturated heterocycles. The first kappa shape index (κ1) is 65.8. The Morgan fingerprint density at radius 3 is 0.928 bits per heavy atom. The van der Waals surface area contributed by atoms with Gasteiger partial charge in [-0.15, -0.1) is 0 Å². The van der Waals surface area contributed by atoms with Gasteiger partial charge in [0, 0.05) is 19.3 Å². The molecule has 0 radical (unpaired) electrons. The second-order valence-electron chi connectivity index (χ2n) is 19.5. The molecule has 398 valence electrons. The number of carbonyl (C=O) groups excluding carboxylic acids is 3. The Hall–Kier alpha value is -3.15. The fourth-order valence-electron chi connectivity index (χ4n) is 8.27. The largest absolute Gasteiger partial charge is 0.462 e. The molecule has 1 unspecified atom stereocenters. The predicted molar refractivity (Wildman–Crippen MR) is 298 cm³/mol. The third-order valence-electron chi connectivity index (χ3n) is 12.7. The Morgan fingerprint density at radius 2 is 0.580 bits per heavy atom. The average molecular weight is 964 g/mol. The number of carbonyl (C=O) groups is 3. The van der Waals surface area contributed by atoms with Crippen LogP contribution < -0.4 is 0 Å². The van der Waals surface area contributed by atoms with Crippen molar-refractivity contribution < 1.29 is 28.6 Å². The molecule has 0 aliphatic rings. The highest BCUT2D eigenvalue weighted by Gasteiger charge is 2.19. The van der Waals surface area contributed by atoms with Gasteiger partial charge in [0.25, 0.3) is 0 Å². The van der Waals surface area contributed by atoms with Crippen LogP contribution in [0.25, 0.3) is 0 Å². The molecule has 6 heteroatoms. The molecular formula is C63H110O6. The van der Waals surface area contributed by atoms with Crippen molar-refractivity contribution in [3.8, 4) is 0 Å². The maximum absolute atomic E-state index is 12.8. The SMILES string of the molecule is CC/C=C\C/C=C\C/C=C\C/C=C\CCCCCCCCCCCCCCC(=O)OCC(COC(=O)CCCCCCCCCCCCCC)OC(=O)CCCCCCC/C=C\C/C=C\CCCC. The maximum atomic E-state index is 12.8. The molecule has 0 fully saturated rings. The van der Waals surface area contributed by atoms with Gasteiger partial charge in [-0.1, -0.05) is 261 Å². The zero-order valence-electron chi connectivity index (χ0n) is 45.6. The number of esters is 3. The molecular weight excluding hydrogens is 853 g/mol. The molecule has 6 nitrogen and oxygen atoms in total. The van der Waals surface area contributed by atoms with E-state index in [-0.39, 0.29) is 31.1 Å². The standard InChI is InChI=1S/C63H110O6/c1-4-7-10-13-16-19-22-25-27-28-29-30-31-32-33-34-35-36-37-39-41-44-47-50-53-56-62(65)68-59-60(58-67-61(64)55-52-49-46-43-40-24-21-18-15-12-9-6-3)69-63(66)57-54-51-48-45-42-38-26-23-20-17-14-11-8-5-2/h7,10,14,16-17,19,23,25-27,29-30,60H,4-6,8-9,11-13,15,18,20-22,24,28,31-59H2,1-3H3/b10-7-,17-14-,19-16-,26-23-,27-25-,30-29-. The zero-order valence-corrected chi connectivity index (χ0v) is 45.6. The fraction of sp³-hybridized carbons (Fsp3) is 0.762. The lowest BCUT2D eigenvalue weighted by Crippen LogP contribution is -2.30. The van der Waals surface area contributed by atoms with Crippen LogP contribution >= 0.6 is 0 Å². The molecule has 0 bridgehead atoms. The number of hydrogen-bond donors (Lipinski definition) is 0. The van der Waals surface area contributed by atoms with Crippen molar-refractivity contribution in [2.45, 2.75) is 297 Å². The minimum atomic E-state index is -0.781. The average Bonchev–Trinajstić information content (AvgIpc) is 3.35. The van der Waals surface area contributed by atoms with Crippen LogP contribution in [-0.4, -0.2) is 37.2 Å². The van der Waals surface area contributed by atoms with Crippen LogP contribution in [0.3, 0.4) is 0 Å². The molecule has 0 aromatic rings. The summed E-state index contributed by atoms with van der Waals surface area (Å²) in [7, 11) is 0. The van der Waals surface area contributed by atoms with Gasteiger partial charge in [0.2, 0.25) is 0 Å². The number of allylic oxidation sites excluding steroid dienone is 12. The summed E-state index contributed by atoms with van der Waals surface area (Å²) in [6, 6.07) is 0. The smallest absolute Gasteiger partial charge is 0.306 e. The van der Waals surface area contributed by atoms with Crippen LogP contribution in [-0.2, 0) is 28.6 Å². The van der Waals surface area contributed by atoms with Gasteiger partial charge in [-0.2, -0.15) is 0 Å². The van der Waals surface area contributed by atoms with Gasteiger partial charge >= 0.3 is 17.9 Å². The van der Waals surface area contributed by atoms with Gasteiger partial charge in [-0.05, 0) is 83.5 Å². The molecule has 0 aliphatic heterocycles. The number of rotatable bonds is 53. The predicted octanol–water partition coefficient (Wildman–Crippen LogP) is 19.8. The third-order valence-corrected chi connectivity index (χ3v) is 12.7. The van der Waals surface area contributed by atoms with E-state index in [2.05, 4.69) is 93.7 Å². The highest BCUT2D eigenvalue weighted by Crippen LogP contribution is 2.16. The van der Waals surface area contributed by atoms with E-state index >= 15 is 0 Å². The van der Waals surface area contributed by atoms with E-state index in [1.807, 2.05) is 0 Å². The molecule has 0 saturated carbocycles. The monoisotopic (exact) mass is 963 g/mol. The molecule has 69 heavy (non-hydrogen) atoms. The zero-order chi connectivity index (χ0) is 50.0. The van der Waals surface area contributed by atoms with Gasteiger partial charge in [0.1, 0.15) is 13.2 Å². The Kier molecular flexibility index (Phi) is 54.8. The summed E-state index contributed by atoms with van der Waals surface area (Å²) in [4.78, 5) is 38.1. The quantitative estimate of drug-likeness (QED) is 0.0262. The van der Waals surface area contributed by atoms with Crippen LogP contribution in [0.4, 0.5) is 0 Å². The summed E-state index contributed by atoms with van der Waals surface area (Å²) >= 11 is 0. The van der Waals surface area contributed by atoms with Crippen LogP contribution in [0.1, 0.15) is 290 Å². The van der Waals surface area contributed by atoms with Gasteiger partial charge in [0.15, 0.2) is 6.10 Å². The molecule has 0 aromatic carbocycles. The van der Waals surface area contributed by atoms with Crippen molar-refractivity contribution in [3.63, 3.8) is 0 Å². The molecule has 0 aromatic heterocycles. The summed E-state index contributed by atoms with van der Waals surface area (Å²) in [6.07, 6.45) is 73.3. The topological polar surface area (TPSA) is 78.9 Å². The second-order valence-corrected chi connectivity index (χ2v) is 19.5. The Balaban J connectivity index is 4.26. The first-order valence-corrected chi connectivity index (χ1v) is 29.4. The van der Waals surface area contributed by atoms with Crippen molar-refractivity contribution >= 4 is 17.9 Å². The van der Waals surface area contributed by atoms with E-state index < -0.39 is 6.10 Å². The lowest BCUT2D eigenvalue weighted by atomic mass is 10.0. The van der Waals surface area contributed by atoms with Gasteiger partial charge < -0.3 is 14.2 Å². The van der Waals surface area contributed by atoms with E-state index in [0.29, 0.717) is 19.3 Å². The minimum absolute atomic E-state index is 0.0785. The lowest BCUT2D eigenvalue weighted by Gasteiger charge is -2.18. The first-order valence-electron chi connectivity index (χ1n) is 29.4. The molecule has 0 rings (SSSR count). The number of hydrogen-bond acceptors (Lipinski definition) is 6. The maximum Gasteiger partial charge on any atom is 0.306 e. The van der Waals surface area contributed by atoms with E-state index in [1.54, 1.807) is 0 Å². The third kappa shape index (κ3) is 55.6. The van der Waals surface area contributed by atoms with Crippen LogP contribution in [0.5, 0.6) is 0 Å². The van der Waals surface area contributed by atoms with E-state index in [9.17, 15) is 14.4 Å². The second kappa shape index (κ2) is 57.4. The summed E-state index contributed by atoms with van der Waals surface area (Å²) in [5.74, 6) is -0.885. The molecule has 0 heterocycles. The van der Waals surface area contributed by atoms with Crippen molar-refractivity contribution in [3.05, 3.63) is 72.9 Å². The summed E-state index contributed by atoms with van der Waals surface area (Å²) < 4.78 is 16.9. The Bertz CT molecular complexity index is 1290. The van der Waals surface area contributed by atoms with Gasteiger partial charge in [-0.3, -0.25) is 14.4 Å². The highest BCUT2D eigenvalue weighted by atomic mass is 16.6.